The lowest BCUT2D eigenvalue weighted by molar-refractivity contribution is 0.484. The number of nitrogens with one attached hydrogen (secondary N) is 1. The Kier molecular flexibility index (Phi) is 4.50. The standard InChI is InChI=1S/C11H8Br2F2N2S/c12-6-4-8(18-11(6)13)10(17-16)5-2-1-3-7(14)9(5)15/h1-4,10,17H,16H2. The number of halogens is 4. The zero-order chi connectivity index (χ0) is 13.3. The van der Waals surface area contributed by atoms with E-state index >= 15 is 0 Å². The van der Waals surface area contributed by atoms with Crippen molar-refractivity contribution in [2.24, 2.45) is 5.84 Å². The molecule has 0 aliphatic heterocycles. The summed E-state index contributed by atoms with van der Waals surface area (Å²) in [5.41, 5.74) is 2.68. The van der Waals surface area contributed by atoms with E-state index in [9.17, 15) is 8.78 Å². The fourth-order valence-electron chi connectivity index (χ4n) is 1.57. The minimum Gasteiger partial charge on any atom is -0.271 e. The highest BCUT2D eigenvalue weighted by atomic mass is 79.9. The van der Waals surface area contributed by atoms with Crippen molar-refractivity contribution in [3.8, 4) is 0 Å². The Bertz CT molecular complexity index is 555. The molecule has 3 N–H and O–H groups in total. The second-order valence-electron chi connectivity index (χ2n) is 3.51. The molecule has 1 aromatic heterocycles. The van der Waals surface area contributed by atoms with Crippen molar-refractivity contribution in [2.45, 2.75) is 6.04 Å². The van der Waals surface area contributed by atoms with Crippen LogP contribution in [0.25, 0.3) is 0 Å². The van der Waals surface area contributed by atoms with Crippen molar-refractivity contribution < 1.29 is 8.78 Å². The Morgan fingerprint density at radius 1 is 1.28 bits per heavy atom. The van der Waals surface area contributed by atoms with Gasteiger partial charge in [-0.25, -0.2) is 14.2 Å². The molecule has 0 spiro atoms. The molecule has 0 bridgehead atoms. The SMILES string of the molecule is NNC(c1cc(Br)c(Br)s1)c1cccc(F)c1F. The fraction of sp³-hybridized carbons (Fsp3) is 0.0909. The lowest BCUT2D eigenvalue weighted by Crippen LogP contribution is -2.29. The van der Waals surface area contributed by atoms with Gasteiger partial charge in [0.25, 0.3) is 0 Å². The average molecular weight is 398 g/mol. The van der Waals surface area contributed by atoms with E-state index in [0.29, 0.717) is 0 Å². The van der Waals surface area contributed by atoms with Gasteiger partial charge >= 0.3 is 0 Å². The van der Waals surface area contributed by atoms with Gasteiger partial charge in [0.15, 0.2) is 11.6 Å². The molecule has 0 radical (unpaired) electrons. The number of hydrazine groups is 1. The number of hydrogen-bond donors (Lipinski definition) is 2. The molecule has 0 aliphatic carbocycles. The van der Waals surface area contributed by atoms with Crippen LogP contribution in [0, 0.1) is 11.6 Å². The van der Waals surface area contributed by atoms with Crippen molar-refractivity contribution >= 4 is 43.2 Å². The Hall–Kier alpha value is -0.340. The molecule has 1 atom stereocenters. The molecule has 1 aromatic carbocycles. The first kappa shape index (κ1) is 14.1. The summed E-state index contributed by atoms with van der Waals surface area (Å²) < 4.78 is 28.7. The van der Waals surface area contributed by atoms with E-state index in [1.165, 1.54) is 23.5 Å². The topological polar surface area (TPSA) is 38.0 Å². The average Bonchev–Trinajstić information content (AvgIpc) is 2.66. The Balaban J connectivity index is 2.48. The van der Waals surface area contributed by atoms with Gasteiger partial charge in [0.1, 0.15) is 0 Å². The van der Waals surface area contributed by atoms with E-state index in [4.69, 9.17) is 5.84 Å². The monoisotopic (exact) mass is 396 g/mol. The molecule has 96 valence electrons. The first-order valence-corrected chi connectivity index (χ1v) is 7.29. The van der Waals surface area contributed by atoms with Gasteiger partial charge in [-0.15, -0.1) is 11.3 Å². The number of nitrogens with two attached hydrogens (primary N) is 1. The van der Waals surface area contributed by atoms with Gasteiger partial charge in [-0.1, -0.05) is 12.1 Å². The van der Waals surface area contributed by atoms with Gasteiger partial charge in [0.05, 0.1) is 9.83 Å². The summed E-state index contributed by atoms with van der Waals surface area (Å²) in [5, 5.41) is 0. The summed E-state index contributed by atoms with van der Waals surface area (Å²) in [6.07, 6.45) is 0. The van der Waals surface area contributed by atoms with Crippen molar-refractivity contribution in [3.05, 3.63) is 54.6 Å². The third-order valence-electron chi connectivity index (χ3n) is 2.41. The molecule has 0 fully saturated rings. The third-order valence-corrected chi connectivity index (χ3v) is 5.73. The summed E-state index contributed by atoms with van der Waals surface area (Å²) in [7, 11) is 0. The summed E-state index contributed by atoms with van der Waals surface area (Å²) in [6, 6.07) is 5.25. The number of benzene rings is 1. The predicted molar refractivity (Wildman–Crippen MR) is 75.2 cm³/mol. The van der Waals surface area contributed by atoms with Gasteiger partial charge < -0.3 is 0 Å². The van der Waals surface area contributed by atoms with Crippen LogP contribution in [0.4, 0.5) is 8.78 Å². The second-order valence-corrected chi connectivity index (χ2v) is 6.77. The van der Waals surface area contributed by atoms with Crippen molar-refractivity contribution in [2.75, 3.05) is 0 Å². The van der Waals surface area contributed by atoms with E-state index < -0.39 is 17.7 Å². The largest absolute Gasteiger partial charge is 0.271 e. The van der Waals surface area contributed by atoms with Crippen LogP contribution in [-0.4, -0.2) is 0 Å². The van der Waals surface area contributed by atoms with Gasteiger partial charge in [-0.05, 0) is 44.0 Å². The maximum atomic E-state index is 13.7. The van der Waals surface area contributed by atoms with Gasteiger partial charge in [0, 0.05) is 14.9 Å². The molecule has 7 heteroatoms. The van der Waals surface area contributed by atoms with Crippen LogP contribution in [-0.2, 0) is 0 Å². The van der Waals surface area contributed by atoms with E-state index in [1.807, 2.05) is 6.07 Å². The van der Waals surface area contributed by atoms with Crippen LogP contribution in [0.15, 0.2) is 32.5 Å². The number of thiophene rings is 1. The van der Waals surface area contributed by atoms with Crippen LogP contribution < -0.4 is 11.3 Å². The molecule has 0 amide bonds. The van der Waals surface area contributed by atoms with E-state index in [2.05, 4.69) is 37.3 Å². The summed E-state index contributed by atoms with van der Waals surface area (Å²) in [6.45, 7) is 0. The highest BCUT2D eigenvalue weighted by Gasteiger charge is 2.21. The summed E-state index contributed by atoms with van der Waals surface area (Å²) in [4.78, 5) is 0.778. The molecule has 0 saturated heterocycles. The second kappa shape index (κ2) is 5.75. The smallest absolute Gasteiger partial charge is 0.164 e. The first-order chi connectivity index (χ1) is 8.54. The lowest BCUT2D eigenvalue weighted by Gasteiger charge is -2.15. The summed E-state index contributed by atoms with van der Waals surface area (Å²) >= 11 is 8.10. The Labute approximate surface area is 123 Å². The van der Waals surface area contributed by atoms with Crippen molar-refractivity contribution in [1.82, 2.24) is 5.43 Å². The molecule has 2 rings (SSSR count). The maximum absolute atomic E-state index is 13.7. The van der Waals surface area contributed by atoms with E-state index in [0.717, 1.165) is 19.2 Å². The highest BCUT2D eigenvalue weighted by Crippen LogP contribution is 2.38. The zero-order valence-electron chi connectivity index (χ0n) is 8.88. The fourth-order valence-corrected chi connectivity index (χ4v) is 3.74. The van der Waals surface area contributed by atoms with Gasteiger partial charge in [-0.3, -0.25) is 5.84 Å². The van der Waals surface area contributed by atoms with Crippen LogP contribution in [0.3, 0.4) is 0 Å². The third kappa shape index (κ3) is 2.65. The molecule has 0 saturated carbocycles. The lowest BCUT2D eigenvalue weighted by atomic mass is 10.1. The quantitative estimate of drug-likeness (QED) is 0.604. The van der Waals surface area contributed by atoms with Crippen molar-refractivity contribution in [1.29, 1.82) is 0 Å². The molecule has 2 nitrogen and oxygen atoms in total. The highest BCUT2D eigenvalue weighted by molar-refractivity contribution is 9.13. The minimum atomic E-state index is -0.888. The molecule has 18 heavy (non-hydrogen) atoms. The van der Waals surface area contributed by atoms with Gasteiger partial charge in [0.2, 0.25) is 0 Å². The van der Waals surface area contributed by atoms with Crippen LogP contribution in [0.2, 0.25) is 0 Å². The predicted octanol–water partition coefficient (Wildman–Crippen LogP) is 4.10. The Morgan fingerprint density at radius 2 is 2.00 bits per heavy atom. The molecule has 1 heterocycles. The number of hydrogen-bond acceptors (Lipinski definition) is 3. The normalized spacial score (nSPS) is 12.7. The molecular formula is C11H8Br2F2N2S. The molecule has 0 aliphatic rings. The summed E-state index contributed by atoms with van der Waals surface area (Å²) in [5.74, 6) is 3.68. The van der Waals surface area contributed by atoms with Crippen LogP contribution in [0.1, 0.15) is 16.5 Å². The van der Waals surface area contributed by atoms with Crippen LogP contribution >= 0.6 is 43.2 Å². The number of rotatable bonds is 3. The van der Waals surface area contributed by atoms with E-state index in [-0.39, 0.29) is 5.56 Å². The maximum Gasteiger partial charge on any atom is 0.164 e. The van der Waals surface area contributed by atoms with Crippen LogP contribution in [0.5, 0.6) is 0 Å². The molecule has 1 unspecified atom stereocenters. The Morgan fingerprint density at radius 3 is 2.56 bits per heavy atom. The zero-order valence-corrected chi connectivity index (χ0v) is 12.9. The first-order valence-electron chi connectivity index (χ1n) is 4.89. The van der Waals surface area contributed by atoms with Crippen molar-refractivity contribution in [3.63, 3.8) is 0 Å². The van der Waals surface area contributed by atoms with Gasteiger partial charge in [-0.2, -0.15) is 0 Å². The van der Waals surface area contributed by atoms with E-state index in [1.54, 1.807) is 0 Å². The minimum absolute atomic E-state index is 0.179. The molecular weight excluding hydrogens is 390 g/mol. The molecule has 2 aromatic rings.